The van der Waals surface area contributed by atoms with Crippen LogP contribution in [0.15, 0.2) is 75.9 Å². The predicted octanol–water partition coefficient (Wildman–Crippen LogP) is 6.26. The zero-order valence-electron chi connectivity index (χ0n) is 16.8. The van der Waals surface area contributed by atoms with E-state index in [2.05, 4.69) is 0 Å². The summed E-state index contributed by atoms with van der Waals surface area (Å²) in [6, 6.07) is 20.3. The van der Waals surface area contributed by atoms with Gasteiger partial charge in [0, 0.05) is 10.6 Å². The van der Waals surface area contributed by atoms with E-state index in [0.29, 0.717) is 21.8 Å². The number of benzene rings is 3. The standard InChI is InChI=1S/C25H21ClO4/c1-3-16-6-13-22-21(14-16)23(27)25(29-15-17-4-9-19(26)10-5-17)24(30-22)18-7-11-20(28-2)12-8-18/h4-14H,3,15H2,1-2H3. The fourth-order valence-corrected chi connectivity index (χ4v) is 3.37. The summed E-state index contributed by atoms with van der Waals surface area (Å²) in [6.45, 7) is 2.27. The number of aryl methyl sites for hydroxylation is 1. The van der Waals surface area contributed by atoms with Crippen LogP contribution in [0.3, 0.4) is 0 Å². The third-order valence-corrected chi connectivity index (χ3v) is 5.22. The van der Waals surface area contributed by atoms with Gasteiger partial charge in [-0.1, -0.05) is 36.7 Å². The van der Waals surface area contributed by atoms with Crippen LogP contribution < -0.4 is 14.9 Å². The van der Waals surface area contributed by atoms with Gasteiger partial charge in [0.15, 0.2) is 5.76 Å². The highest BCUT2D eigenvalue weighted by Gasteiger charge is 2.18. The Morgan fingerprint density at radius 1 is 0.933 bits per heavy atom. The molecular weight excluding hydrogens is 400 g/mol. The smallest absolute Gasteiger partial charge is 0.235 e. The molecule has 0 radical (unpaired) electrons. The lowest BCUT2D eigenvalue weighted by Crippen LogP contribution is -2.10. The lowest BCUT2D eigenvalue weighted by molar-refractivity contribution is 0.298. The Balaban J connectivity index is 1.83. The van der Waals surface area contributed by atoms with Gasteiger partial charge in [0.2, 0.25) is 11.2 Å². The minimum Gasteiger partial charge on any atom is -0.497 e. The molecule has 0 bridgehead atoms. The zero-order chi connectivity index (χ0) is 21.1. The van der Waals surface area contributed by atoms with E-state index in [1.807, 2.05) is 61.5 Å². The Hall–Kier alpha value is -3.24. The van der Waals surface area contributed by atoms with Gasteiger partial charge in [0.25, 0.3) is 0 Å². The van der Waals surface area contributed by atoms with Crippen molar-refractivity contribution in [1.82, 2.24) is 0 Å². The van der Waals surface area contributed by atoms with Gasteiger partial charge < -0.3 is 13.9 Å². The molecule has 30 heavy (non-hydrogen) atoms. The Bertz CT molecular complexity index is 1230. The summed E-state index contributed by atoms with van der Waals surface area (Å²) in [5.41, 5.74) is 3.05. The highest BCUT2D eigenvalue weighted by molar-refractivity contribution is 6.30. The Morgan fingerprint density at radius 2 is 1.63 bits per heavy atom. The lowest BCUT2D eigenvalue weighted by Gasteiger charge is -2.13. The number of rotatable bonds is 6. The highest BCUT2D eigenvalue weighted by Crippen LogP contribution is 2.32. The summed E-state index contributed by atoms with van der Waals surface area (Å²) in [7, 11) is 1.61. The number of fused-ring (bicyclic) bond motifs is 1. The molecule has 0 aliphatic carbocycles. The maximum atomic E-state index is 13.4. The molecular formula is C25H21ClO4. The first kappa shape index (κ1) is 20.0. The maximum absolute atomic E-state index is 13.4. The molecule has 5 heteroatoms. The Labute approximate surface area is 179 Å². The van der Waals surface area contributed by atoms with E-state index in [4.69, 9.17) is 25.5 Å². The molecule has 0 unspecified atom stereocenters. The van der Waals surface area contributed by atoms with Crippen molar-refractivity contribution in [3.63, 3.8) is 0 Å². The Morgan fingerprint density at radius 3 is 2.30 bits per heavy atom. The molecule has 1 heterocycles. The third kappa shape index (κ3) is 4.05. The van der Waals surface area contributed by atoms with Crippen LogP contribution in [-0.4, -0.2) is 7.11 Å². The van der Waals surface area contributed by atoms with E-state index in [0.717, 1.165) is 28.9 Å². The molecule has 0 atom stereocenters. The van der Waals surface area contributed by atoms with Gasteiger partial charge in [0.05, 0.1) is 12.5 Å². The number of ether oxygens (including phenoxy) is 2. The van der Waals surface area contributed by atoms with Gasteiger partial charge in [-0.3, -0.25) is 4.79 Å². The maximum Gasteiger partial charge on any atom is 0.235 e. The van der Waals surface area contributed by atoms with E-state index in [1.165, 1.54) is 0 Å². The molecule has 0 N–H and O–H groups in total. The molecule has 0 amide bonds. The molecule has 4 aromatic rings. The molecule has 0 aliphatic rings. The summed E-state index contributed by atoms with van der Waals surface area (Å²) in [5.74, 6) is 1.31. The fraction of sp³-hybridized carbons (Fsp3) is 0.160. The van der Waals surface area contributed by atoms with Crippen molar-refractivity contribution in [2.45, 2.75) is 20.0 Å². The van der Waals surface area contributed by atoms with Crippen LogP contribution in [0.25, 0.3) is 22.3 Å². The van der Waals surface area contributed by atoms with Crippen molar-refractivity contribution in [1.29, 1.82) is 0 Å². The number of hydrogen-bond acceptors (Lipinski definition) is 4. The van der Waals surface area contributed by atoms with Crippen LogP contribution in [0.4, 0.5) is 0 Å². The van der Waals surface area contributed by atoms with Crippen molar-refractivity contribution in [2.75, 3.05) is 7.11 Å². The highest BCUT2D eigenvalue weighted by atomic mass is 35.5. The summed E-state index contributed by atoms with van der Waals surface area (Å²) >= 11 is 5.96. The van der Waals surface area contributed by atoms with Crippen LogP contribution in [-0.2, 0) is 13.0 Å². The van der Waals surface area contributed by atoms with Crippen LogP contribution in [0, 0.1) is 0 Å². The summed E-state index contributed by atoms with van der Waals surface area (Å²) in [6.07, 6.45) is 0.830. The predicted molar refractivity (Wildman–Crippen MR) is 120 cm³/mol. The van der Waals surface area contributed by atoms with E-state index in [9.17, 15) is 4.79 Å². The molecule has 4 rings (SSSR count). The second-order valence-electron chi connectivity index (χ2n) is 6.92. The third-order valence-electron chi connectivity index (χ3n) is 4.97. The number of hydrogen-bond donors (Lipinski definition) is 0. The van der Waals surface area contributed by atoms with E-state index < -0.39 is 0 Å². The minimum atomic E-state index is -0.189. The first-order valence-corrected chi connectivity index (χ1v) is 10.1. The van der Waals surface area contributed by atoms with Gasteiger partial charge in [0.1, 0.15) is 17.9 Å². The number of methoxy groups -OCH3 is 1. The van der Waals surface area contributed by atoms with Crippen molar-refractivity contribution < 1.29 is 13.9 Å². The SMILES string of the molecule is CCc1ccc2oc(-c3ccc(OC)cc3)c(OCc3ccc(Cl)cc3)c(=O)c2c1. The van der Waals surface area contributed by atoms with Crippen molar-refractivity contribution in [3.05, 3.63) is 93.1 Å². The van der Waals surface area contributed by atoms with Crippen molar-refractivity contribution >= 4 is 22.6 Å². The van der Waals surface area contributed by atoms with Gasteiger partial charge in [-0.25, -0.2) is 0 Å². The normalized spacial score (nSPS) is 10.9. The number of halogens is 1. The quantitative estimate of drug-likeness (QED) is 0.369. The average molecular weight is 421 g/mol. The fourth-order valence-electron chi connectivity index (χ4n) is 3.24. The average Bonchev–Trinajstić information content (AvgIpc) is 2.79. The minimum absolute atomic E-state index is 0.189. The van der Waals surface area contributed by atoms with Crippen LogP contribution in [0.2, 0.25) is 5.02 Å². The second-order valence-corrected chi connectivity index (χ2v) is 7.35. The molecule has 0 aliphatic heterocycles. The molecule has 152 valence electrons. The summed E-state index contributed by atoms with van der Waals surface area (Å²) < 4.78 is 17.4. The van der Waals surface area contributed by atoms with Crippen LogP contribution in [0.1, 0.15) is 18.1 Å². The molecule has 0 saturated heterocycles. The molecule has 1 aromatic heterocycles. The van der Waals surface area contributed by atoms with Gasteiger partial charge in [-0.15, -0.1) is 0 Å². The zero-order valence-corrected chi connectivity index (χ0v) is 17.5. The largest absolute Gasteiger partial charge is 0.497 e. The first-order valence-electron chi connectivity index (χ1n) is 9.70. The topological polar surface area (TPSA) is 48.7 Å². The molecule has 0 fully saturated rings. The molecule has 0 saturated carbocycles. The molecule has 4 nitrogen and oxygen atoms in total. The summed E-state index contributed by atoms with van der Waals surface area (Å²) in [4.78, 5) is 13.4. The van der Waals surface area contributed by atoms with E-state index in [1.54, 1.807) is 19.2 Å². The van der Waals surface area contributed by atoms with Crippen LogP contribution >= 0.6 is 11.6 Å². The van der Waals surface area contributed by atoms with E-state index in [-0.39, 0.29) is 17.8 Å². The monoisotopic (exact) mass is 420 g/mol. The molecule has 0 spiro atoms. The lowest BCUT2D eigenvalue weighted by atomic mass is 10.1. The van der Waals surface area contributed by atoms with Gasteiger partial charge >= 0.3 is 0 Å². The van der Waals surface area contributed by atoms with Gasteiger partial charge in [-0.2, -0.15) is 0 Å². The van der Waals surface area contributed by atoms with Crippen LogP contribution in [0.5, 0.6) is 11.5 Å². The van der Waals surface area contributed by atoms with Gasteiger partial charge in [-0.05, 0) is 66.1 Å². The molecule has 3 aromatic carbocycles. The Kier molecular flexibility index (Phi) is 5.77. The summed E-state index contributed by atoms with van der Waals surface area (Å²) in [5, 5.41) is 1.16. The first-order chi connectivity index (χ1) is 14.6. The van der Waals surface area contributed by atoms with E-state index >= 15 is 0 Å². The van der Waals surface area contributed by atoms with Crippen molar-refractivity contribution in [2.24, 2.45) is 0 Å². The second kappa shape index (κ2) is 8.64. The van der Waals surface area contributed by atoms with Crippen molar-refractivity contribution in [3.8, 4) is 22.8 Å².